The van der Waals surface area contributed by atoms with Crippen LogP contribution in [-0.4, -0.2) is 45.6 Å². The van der Waals surface area contributed by atoms with Crippen molar-refractivity contribution in [2.75, 3.05) is 17.7 Å². The van der Waals surface area contributed by atoms with Gasteiger partial charge >= 0.3 is 5.97 Å². The highest BCUT2D eigenvalue weighted by molar-refractivity contribution is 8.01. The molecular weight excluding hydrogens is 302 g/mol. The van der Waals surface area contributed by atoms with E-state index in [0.29, 0.717) is 22.3 Å². The quantitative estimate of drug-likeness (QED) is 0.582. The predicted molar refractivity (Wildman–Crippen MR) is 75.1 cm³/mol. The van der Waals surface area contributed by atoms with Crippen LogP contribution in [0.1, 0.15) is 25.7 Å². The van der Waals surface area contributed by atoms with Crippen LogP contribution in [0.5, 0.6) is 0 Å². The number of nitrogens with zero attached hydrogens (tertiary/aromatic N) is 2. The Labute approximate surface area is 124 Å². The van der Waals surface area contributed by atoms with E-state index in [1.54, 1.807) is 0 Å². The van der Waals surface area contributed by atoms with Gasteiger partial charge in [0.05, 0.1) is 11.9 Å². The van der Waals surface area contributed by atoms with Crippen LogP contribution in [0.15, 0.2) is 4.34 Å². The van der Waals surface area contributed by atoms with Crippen molar-refractivity contribution >= 4 is 40.1 Å². The number of aliphatic carboxylic acids is 1. The Hall–Kier alpha value is -1.19. The molecule has 7 nitrogen and oxygen atoms in total. The average molecular weight is 317 g/mol. The van der Waals surface area contributed by atoms with E-state index in [0.717, 1.165) is 31.2 Å². The van der Waals surface area contributed by atoms with Crippen molar-refractivity contribution in [1.29, 1.82) is 0 Å². The molecule has 20 heavy (non-hydrogen) atoms. The minimum atomic E-state index is -0.910. The molecule has 0 aliphatic carbocycles. The summed E-state index contributed by atoms with van der Waals surface area (Å²) in [4.78, 5) is 22.1. The van der Waals surface area contributed by atoms with Gasteiger partial charge in [0.2, 0.25) is 11.0 Å². The molecule has 1 aromatic heterocycles. The maximum absolute atomic E-state index is 11.7. The van der Waals surface area contributed by atoms with E-state index >= 15 is 0 Å². The lowest BCUT2D eigenvalue weighted by Gasteiger charge is -2.07. The van der Waals surface area contributed by atoms with Gasteiger partial charge in [0.25, 0.3) is 0 Å². The maximum atomic E-state index is 11.7. The fraction of sp³-hybridized carbons (Fsp3) is 0.636. The Morgan fingerprint density at radius 2 is 2.35 bits per heavy atom. The van der Waals surface area contributed by atoms with E-state index in [1.165, 1.54) is 11.3 Å². The number of anilines is 1. The highest BCUT2D eigenvalue weighted by Gasteiger charge is 2.17. The summed E-state index contributed by atoms with van der Waals surface area (Å²) in [6, 6.07) is 0. The molecule has 110 valence electrons. The number of carboxylic acid groups (broad SMARTS) is 1. The second kappa shape index (κ2) is 7.55. The predicted octanol–water partition coefficient (Wildman–Crippen LogP) is 1.61. The molecule has 1 fully saturated rings. The summed E-state index contributed by atoms with van der Waals surface area (Å²) < 4.78 is 5.98. The van der Waals surface area contributed by atoms with Crippen LogP contribution in [0.25, 0.3) is 0 Å². The highest BCUT2D eigenvalue weighted by atomic mass is 32.2. The molecule has 0 radical (unpaired) electrons. The number of hydrogen-bond acceptors (Lipinski definition) is 7. The molecule has 0 spiro atoms. The first-order chi connectivity index (χ1) is 9.63. The molecule has 1 amide bonds. The lowest BCUT2D eigenvalue weighted by atomic mass is 10.1. The van der Waals surface area contributed by atoms with Crippen molar-refractivity contribution in [2.24, 2.45) is 0 Å². The minimum Gasteiger partial charge on any atom is -0.481 e. The number of thioether (sulfide) groups is 1. The van der Waals surface area contributed by atoms with Gasteiger partial charge in [-0.2, -0.15) is 0 Å². The van der Waals surface area contributed by atoms with Gasteiger partial charge in [0.1, 0.15) is 0 Å². The van der Waals surface area contributed by atoms with Gasteiger partial charge < -0.3 is 15.2 Å². The lowest BCUT2D eigenvalue weighted by molar-refractivity contribution is -0.133. The Morgan fingerprint density at radius 1 is 1.50 bits per heavy atom. The van der Waals surface area contributed by atoms with Crippen molar-refractivity contribution in [3.05, 3.63) is 0 Å². The van der Waals surface area contributed by atoms with Crippen LogP contribution in [0.2, 0.25) is 0 Å². The largest absolute Gasteiger partial charge is 0.481 e. The second-order valence-electron chi connectivity index (χ2n) is 4.28. The lowest BCUT2D eigenvalue weighted by Crippen LogP contribution is -2.15. The van der Waals surface area contributed by atoms with Crippen LogP contribution in [0, 0.1) is 0 Å². The molecule has 1 atom stereocenters. The average Bonchev–Trinajstić information content (AvgIpc) is 3.05. The summed E-state index contributed by atoms with van der Waals surface area (Å²) >= 11 is 2.26. The molecular formula is C11H15N3O4S2. The molecule has 0 saturated carbocycles. The van der Waals surface area contributed by atoms with E-state index in [2.05, 4.69) is 15.5 Å². The van der Waals surface area contributed by atoms with Gasteiger partial charge in [-0.15, -0.1) is 10.2 Å². The van der Waals surface area contributed by atoms with E-state index in [9.17, 15) is 9.59 Å². The van der Waals surface area contributed by atoms with Crippen molar-refractivity contribution in [3.63, 3.8) is 0 Å². The molecule has 1 aromatic rings. The summed E-state index contributed by atoms with van der Waals surface area (Å²) in [5.41, 5.74) is 0. The normalized spacial score (nSPS) is 18.1. The standard InChI is InChI=1S/C11H15N3O4S2/c15-8(4-3-7-2-1-5-18-7)12-10-13-14-11(20-10)19-6-9(16)17/h7H,1-6H2,(H,16,17)(H,12,13,15). The summed E-state index contributed by atoms with van der Waals surface area (Å²) in [5.74, 6) is -1.10. The van der Waals surface area contributed by atoms with E-state index in [-0.39, 0.29) is 17.8 Å². The first-order valence-corrected chi connectivity index (χ1v) is 8.03. The molecule has 2 N–H and O–H groups in total. The number of carboxylic acids is 1. The first-order valence-electron chi connectivity index (χ1n) is 6.23. The zero-order valence-electron chi connectivity index (χ0n) is 10.7. The van der Waals surface area contributed by atoms with Crippen molar-refractivity contribution in [1.82, 2.24) is 10.2 Å². The maximum Gasteiger partial charge on any atom is 0.313 e. The smallest absolute Gasteiger partial charge is 0.313 e. The third-order valence-electron chi connectivity index (χ3n) is 2.69. The monoisotopic (exact) mass is 317 g/mol. The van der Waals surface area contributed by atoms with Crippen molar-refractivity contribution in [2.45, 2.75) is 36.1 Å². The molecule has 1 saturated heterocycles. The van der Waals surface area contributed by atoms with Crippen LogP contribution < -0.4 is 5.32 Å². The van der Waals surface area contributed by atoms with Crippen molar-refractivity contribution < 1.29 is 19.4 Å². The molecule has 0 aromatic carbocycles. The minimum absolute atomic E-state index is 0.0679. The number of nitrogens with one attached hydrogen (secondary N) is 1. The zero-order valence-corrected chi connectivity index (χ0v) is 12.3. The highest BCUT2D eigenvalue weighted by Crippen LogP contribution is 2.25. The number of ether oxygens (including phenoxy) is 1. The molecule has 2 rings (SSSR count). The van der Waals surface area contributed by atoms with Gasteiger partial charge in [-0.1, -0.05) is 23.1 Å². The Balaban J connectivity index is 1.71. The Bertz CT molecular complexity index is 474. The third kappa shape index (κ3) is 5.06. The van der Waals surface area contributed by atoms with Crippen molar-refractivity contribution in [3.8, 4) is 0 Å². The Morgan fingerprint density at radius 3 is 3.05 bits per heavy atom. The zero-order chi connectivity index (χ0) is 14.4. The fourth-order valence-electron chi connectivity index (χ4n) is 1.79. The Kier molecular flexibility index (Phi) is 5.74. The molecule has 1 unspecified atom stereocenters. The summed E-state index contributed by atoms with van der Waals surface area (Å²) in [7, 11) is 0. The van der Waals surface area contributed by atoms with Gasteiger partial charge in [0.15, 0.2) is 4.34 Å². The summed E-state index contributed by atoms with van der Waals surface area (Å²) in [6.07, 6.45) is 3.37. The van der Waals surface area contributed by atoms with Crippen LogP contribution in [0.3, 0.4) is 0 Å². The second-order valence-corrected chi connectivity index (χ2v) is 6.48. The van der Waals surface area contributed by atoms with Gasteiger partial charge in [-0.3, -0.25) is 9.59 Å². The fourth-order valence-corrected chi connectivity index (χ4v) is 3.28. The molecule has 1 aliphatic heterocycles. The van der Waals surface area contributed by atoms with Gasteiger partial charge in [0, 0.05) is 13.0 Å². The van der Waals surface area contributed by atoms with E-state index in [4.69, 9.17) is 9.84 Å². The summed E-state index contributed by atoms with van der Waals surface area (Å²) in [6.45, 7) is 0.785. The number of hydrogen-bond donors (Lipinski definition) is 2. The number of amides is 1. The number of carbonyl (C=O) groups is 2. The molecule has 1 aliphatic rings. The van der Waals surface area contributed by atoms with Crippen LogP contribution in [-0.2, 0) is 14.3 Å². The summed E-state index contributed by atoms with van der Waals surface area (Å²) in [5, 5.41) is 19.2. The number of rotatable bonds is 7. The first kappa shape index (κ1) is 15.2. The topological polar surface area (TPSA) is 101 Å². The SMILES string of the molecule is O=C(O)CSc1nnc(NC(=O)CCC2CCCO2)s1. The van der Waals surface area contributed by atoms with Gasteiger partial charge in [-0.05, 0) is 19.3 Å². The van der Waals surface area contributed by atoms with E-state index < -0.39 is 5.97 Å². The number of carbonyl (C=O) groups excluding carboxylic acids is 1. The van der Waals surface area contributed by atoms with Gasteiger partial charge in [-0.25, -0.2) is 0 Å². The molecule has 0 bridgehead atoms. The number of aromatic nitrogens is 2. The third-order valence-corrected chi connectivity index (χ3v) is 4.65. The molecule has 9 heteroatoms. The van der Waals surface area contributed by atoms with Crippen LogP contribution in [0.4, 0.5) is 5.13 Å². The molecule has 2 heterocycles. The van der Waals surface area contributed by atoms with E-state index in [1.807, 2.05) is 0 Å². The van der Waals surface area contributed by atoms with Crippen LogP contribution >= 0.6 is 23.1 Å².